The van der Waals surface area contributed by atoms with E-state index in [9.17, 15) is 0 Å². The van der Waals surface area contributed by atoms with Crippen LogP contribution in [0.25, 0.3) is 60.5 Å². The van der Waals surface area contributed by atoms with E-state index in [0.29, 0.717) is 0 Å². The molecule has 0 saturated carbocycles. The largest absolute Gasteiger partial charge is 0.310 e. The monoisotopic (exact) mass is 867 g/mol. The van der Waals surface area contributed by atoms with E-state index in [4.69, 9.17) is 0 Å². The van der Waals surface area contributed by atoms with E-state index in [-0.39, 0.29) is 5.41 Å². The number of hydrogen-bond donors (Lipinski definition) is 0. The predicted molar refractivity (Wildman–Crippen MR) is 287 cm³/mol. The summed E-state index contributed by atoms with van der Waals surface area (Å²) in [6, 6.07) is 84.2. The van der Waals surface area contributed by atoms with Crippen molar-refractivity contribution in [1.29, 1.82) is 0 Å². The molecule has 3 aliphatic rings. The zero-order chi connectivity index (χ0) is 45.4. The van der Waals surface area contributed by atoms with Gasteiger partial charge in [0.2, 0.25) is 0 Å². The lowest BCUT2D eigenvalue weighted by Gasteiger charge is -2.36. The molecule has 10 aromatic rings. The molecule has 0 saturated heterocycles. The highest BCUT2D eigenvalue weighted by molar-refractivity contribution is 6.09. The van der Waals surface area contributed by atoms with Crippen molar-refractivity contribution < 1.29 is 0 Å². The molecule has 0 N–H and O–H groups in total. The van der Waals surface area contributed by atoms with Gasteiger partial charge in [0.05, 0.1) is 11.1 Å². The molecule has 10 aromatic carbocycles. The van der Waals surface area contributed by atoms with Gasteiger partial charge in [-0.1, -0.05) is 220 Å². The van der Waals surface area contributed by atoms with Crippen LogP contribution in [0.2, 0.25) is 0 Å². The van der Waals surface area contributed by atoms with Crippen LogP contribution in [0, 0.1) is 0 Å². The third kappa shape index (κ3) is 6.09. The molecule has 0 bridgehead atoms. The summed E-state index contributed by atoms with van der Waals surface area (Å²) in [5.74, 6) is 0. The van der Waals surface area contributed by atoms with Crippen LogP contribution in [0.5, 0.6) is 0 Å². The average Bonchev–Trinajstić information content (AvgIpc) is 3.62. The zero-order valence-electron chi connectivity index (χ0n) is 38.3. The summed E-state index contributed by atoms with van der Waals surface area (Å²) in [5.41, 5.74) is 20.5. The second-order valence-electron chi connectivity index (χ2n) is 19.2. The molecule has 0 aromatic heterocycles. The Bertz CT molecular complexity index is 3660. The Labute approximate surface area is 399 Å². The van der Waals surface area contributed by atoms with Crippen molar-refractivity contribution in [2.75, 3.05) is 4.90 Å². The van der Waals surface area contributed by atoms with Crippen LogP contribution in [-0.4, -0.2) is 0 Å². The van der Waals surface area contributed by atoms with E-state index in [1.165, 1.54) is 99.5 Å². The highest BCUT2D eigenvalue weighted by atomic mass is 15.1. The minimum atomic E-state index is -0.578. The predicted octanol–water partition coefficient (Wildman–Crippen LogP) is 17.7. The topological polar surface area (TPSA) is 3.24 Å². The molecule has 0 aliphatic heterocycles. The van der Waals surface area contributed by atoms with Gasteiger partial charge in [-0.25, -0.2) is 0 Å². The van der Waals surface area contributed by atoms with Gasteiger partial charge in [-0.15, -0.1) is 0 Å². The lowest BCUT2D eigenvalue weighted by atomic mass is 9.67. The third-order valence-corrected chi connectivity index (χ3v) is 15.2. The Hall–Kier alpha value is -8.26. The molecule has 0 spiro atoms. The van der Waals surface area contributed by atoms with Crippen LogP contribution >= 0.6 is 0 Å². The molecule has 0 radical (unpaired) electrons. The van der Waals surface area contributed by atoms with Crippen molar-refractivity contribution >= 4 is 44.2 Å². The summed E-state index contributed by atoms with van der Waals surface area (Å²) in [6.45, 7) is 4.82. The molecular weight excluding hydrogens is 819 g/mol. The van der Waals surface area contributed by atoms with Gasteiger partial charge in [-0.3, -0.25) is 0 Å². The second kappa shape index (κ2) is 15.7. The fourth-order valence-electron chi connectivity index (χ4n) is 12.0. The first-order chi connectivity index (χ1) is 33.5. The molecule has 1 heteroatoms. The van der Waals surface area contributed by atoms with Gasteiger partial charge in [0.1, 0.15) is 0 Å². The number of allylic oxidation sites excluding steroid dienone is 6. The van der Waals surface area contributed by atoms with Crippen molar-refractivity contribution in [2.24, 2.45) is 0 Å². The maximum Gasteiger partial charge on any atom is 0.0714 e. The first kappa shape index (κ1) is 40.1. The lowest BCUT2D eigenvalue weighted by molar-refractivity contribution is 0.626. The molecule has 68 heavy (non-hydrogen) atoms. The summed E-state index contributed by atoms with van der Waals surface area (Å²) in [4.78, 5) is 2.55. The summed E-state index contributed by atoms with van der Waals surface area (Å²) >= 11 is 0. The highest BCUT2D eigenvalue weighted by Gasteiger charge is 2.47. The smallest absolute Gasteiger partial charge is 0.0714 e. The Balaban J connectivity index is 1.14. The molecule has 3 aliphatic carbocycles. The third-order valence-electron chi connectivity index (χ3n) is 15.2. The van der Waals surface area contributed by atoms with E-state index >= 15 is 0 Å². The number of fused-ring (bicyclic) bond motifs is 8. The standard InChI is InChI=1S/C67H49N/c1-66(2)61-29-14-6-13-27-55(61)57-40-39-53(42-63(57)66)68(52-37-35-46(36-38-52)45-19-7-3-8-20-45)65-44-64-60(43-59(65)49-34-33-48-32-31-47-21-15-16-26-54(47)58(48)41-49)56-28-17-18-30-62(56)67(64,50-22-9-4-10-23-50)51-24-11-5-12-25-51/h3-28,30-44H,29H2,1-2H3. The minimum Gasteiger partial charge on any atom is -0.310 e. The average molecular weight is 868 g/mol. The number of nitrogens with zero attached hydrogens (tertiary/aromatic N) is 1. The van der Waals surface area contributed by atoms with E-state index in [0.717, 1.165) is 23.5 Å². The van der Waals surface area contributed by atoms with Crippen LogP contribution in [0.1, 0.15) is 53.6 Å². The molecule has 1 nitrogen and oxygen atoms in total. The molecule has 322 valence electrons. The van der Waals surface area contributed by atoms with Crippen LogP contribution in [0.3, 0.4) is 0 Å². The SMILES string of the molecule is CC1(C)C2=C(C=CC=CC2)c2ccc(N(c3ccc(-c4ccccc4)cc3)c3cc4c(cc3-c3ccc5ccc6ccccc6c5c3)-c3ccccc3C4(c3ccccc3)c3ccccc3)cc21. The number of benzene rings is 10. The zero-order valence-corrected chi connectivity index (χ0v) is 38.3. The summed E-state index contributed by atoms with van der Waals surface area (Å²) < 4.78 is 0. The fourth-order valence-corrected chi connectivity index (χ4v) is 12.0. The first-order valence-corrected chi connectivity index (χ1v) is 24.0. The highest BCUT2D eigenvalue weighted by Crippen LogP contribution is 2.59. The molecule has 0 fully saturated rings. The summed E-state index contributed by atoms with van der Waals surface area (Å²) in [5, 5.41) is 4.99. The van der Waals surface area contributed by atoms with Crippen LogP contribution < -0.4 is 4.90 Å². The summed E-state index contributed by atoms with van der Waals surface area (Å²) in [7, 11) is 0. The Morgan fingerprint density at radius 1 is 0.397 bits per heavy atom. The molecule has 0 amide bonds. The van der Waals surface area contributed by atoms with Crippen LogP contribution in [-0.2, 0) is 10.8 Å². The van der Waals surface area contributed by atoms with E-state index in [2.05, 4.69) is 268 Å². The number of hydrogen-bond acceptors (Lipinski definition) is 1. The Morgan fingerprint density at radius 2 is 1.01 bits per heavy atom. The van der Waals surface area contributed by atoms with Gasteiger partial charge in [0.15, 0.2) is 0 Å². The van der Waals surface area contributed by atoms with Gasteiger partial charge in [-0.05, 0) is 143 Å². The van der Waals surface area contributed by atoms with Crippen LogP contribution in [0.15, 0.2) is 254 Å². The van der Waals surface area contributed by atoms with Crippen molar-refractivity contribution in [3.05, 3.63) is 288 Å². The van der Waals surface area contributed by atoms with E-state index in [1.54, 1.807) is 0 Å². The van der Waals surface area contributed by atoms with Gasteiger partial charge < -0.3 is 4.90 Å². The second-order valence-corrected chi connectivity index (χ2v) is 19.2. The molecular formula is C67H49N. The van der Waals surface area contributed by atoms with Gasteiger partial charge in [0.25, 0.3) is 0 Å². The molecule has 0 heterocycles. The number of rotatable bonds is 7. The molecule has 0 unspecified atom stereocenters. The van der Waals surface area contributed by atoms with Crippen LogP contribution in [0.4, 0.5) is 17.1 Å². The molecule has 0 atom stereocenters. The van der Waals surface area contributed by atoms with Gasteiger partial charge >= 0.3 is 0 Å². The van der Waals surface area contributed by atoms with Gasteiger partial charge in [0, 0.05) is 22.4 Å². The fraction of sp³-hybridized carbons (Fsp3) is 0.0746. The first-order valence-electron chi connectivity index (χ1n) is 24.0. The van der Waals surface area contributed by atoms with Crippen molar-refractivity contribution in [1.82, 2.24) is 0 Å². The Morgan fingerprint density at radius 3 is 1.78 bits per heavy atom. The van der Waals surface area contributed by atoms with E-state index in [1.807, 2.05) is 0 Å². The molecule has 13 rings (SSSR count). The quantitative estimate of drug-likeness (QED) is 0.144. The normalized spacial score (nSPS) is 14.9. The maximum atomic E-state index is 2.56. The Kier molecular flexibility index (Phi) is 9.24. The number of anilines is 3. The van der Waals surface area contributed by atoms with Gasteiger partial charge in [-0.2, -0.15) is 0 Å². The van der Waals surface area contributed by atoms with Crippen molar-refractivity contribution in [3.63, 3.8) is 0 Å². The summed E-state index contributed by atoms with van der Waals surface area (Å²) in [6.07, 6.45) is 9.96. The lowest BCUT2D eigenvalue weighted by Crippen LogP contribution is -2.28. The van der Waals surface area contributed by atoms with E-state index < -0.39 is 5.41 Å². The van der Waals surface area contributed by atoms with Crippen molar-refractivity contribution in [2.45, 2.75) is 31.1 Å². The minimum absolute atomic E-state index is 0.153. The maximum absolute atomic E-state index is 2.56. The van der Waals surface area contributed by atoms with Crippen molar-refractivity contribution in [3.8, 4) is 33.4 Å².